The molecule has 1 aromatic rings. The quantitative estimate of drug-likeness (QED) is 0.611. The van der Waals surface area contributed by atoms with Gasteiger partial charge in [0, 0.05) is 6.61 Å². The number of nitrogens with zero attached hydrogens (tertiary/aromatic N) is 1. The number of hydrogen-bond acceptors (Lipinski definition) is 3. The van der Waals surface area contributed by atoms with E-state index in [4.69, 9.17) is 9.15 Å². The Hall–Kier alpha value is -0.830. The first-order valence-corrected chi connectivity index (χ1v) is 3.73. The highest BCUT2D eigenvalue weighted by molar-refractivity contribution is 4.97. The molecular formula is C8H9NO2. The molecular weight excluding hydrogens is 142 g/mol. The Kier molecular flexibility index (Phi) is 1.90. The van der Waals surface area contributed by atoms with Crippen molar-refractivity contribution in [1.82, 2.24) is 4.98 Å². The van der Waals surface area contributed by atoms with Crippen molar-refractivity contribution in [3.05, 3.63) is 25.0 Å². The third-order valence-corrected chi connectivity index (χ3v) is 1.71. The fourth-order valence-electron chi connectivity index (χ4n) is 1.16. The smallest absolute Gasteiger partial charge is 0.200 e. The zero-order valence-electron chi connectivity index (χ0n) is 6.12. The Bertz CT molecular complexity index is 202. The van der Waals surface area contributed by atoms with Crippen molar-refractivity contribution >= 4 is 0 Å². The highest BCUT2D eigenvalue weighted by atomic mass is 16.5. The van der Waals surface area contributed by atoms with E-state index in [1.165, 1.54) is 0 Å². The van der Waals surface area contributed by atoms with Crippen LogP contribution in [0.2, 0.25) is 0 Å². The van der Waals surface area contributed by atoms with Crippen molar-refractivity contribution in [3.8, 4) is 0 Å². The van der Waals surface area contributed by atoms with Gasteiger partial charge in [-0.05, 0) is 12.8 Å². The second kappa shape index (κ2) is 3.05. The van der Waals surface area contributed by atoms with E-state index in [-0.39, 0.29) is 5.92 Å². The summed E-state index contributed by atoms with van der Waals surface area (Å²) >= 11 is 0. The molecule has 2 rings (SSSR count). The second-order valence-corrected chi connectivity index (χ2v) is 2.53. The standard InChI is InChI=1S/C8H9NO2/c1-2-7(6-10-4-1)8-9-3-5-11-8/h3,5,7H,1-2,4H2. The number of ether oxygens (including phenoxy) is 1. The van der Waals surface area contributed by atoms with Gasteiger partial charge in [-0.25, -0.2) is 4.98 Å². The molecule has 0 spiro atoms. The van der Waals surface area contributed by atoms with Crippen LogP contribution >= 0.6 is 0 Å². The Morgan fingerprint density at radius 3 is 3.27 bits per heavy atom. The predicted octanol–water partition coefficient (Wildman–Crippen LogP) is 1.61. The maximum absolute atomic E-state index is 5.12. The normalized spacial score (nSPS) is 25.3. The predicted molar refractivity (Wildman–Crippen MR) is 37.7 cm³/mol. The van der Waals surface area contributed by atoms with E-state index in [9.17, 15) is 0 Å². The first-order valence-electron chi connectivity index (χ1n) is 3.73. The van der Waals surface area contributed by atoms with Crippen LogP contribution in [0.3, 0.4) is 0 Å². The summed E-state index contributed by atoms with van der Waals surface area (Å²) in [5.74, 6) is 0.850. The van der Waals surface area contributed by atoms with Crippen LogP contribution in [0.5, 0.6) is 0 Å². The molecule has 1 atom stereocenters. The van der Waals surface area contributed by atoms with E-state index in [1.807, 2.05) is 0 Å². The molecule has 1 aliphatic heterocycles. The van der Waals surface area contributed by atoms with Crippen molar-refractivity contribution in [1.29, 1.82) is 0 Å². The average molecular weight is 151 g/mol. The maximum atomic E-state index is 5.12. The van der Waals surface area contributed by atoms with Crippen molar-refractivity contribution in [2.24, 2.45) is 0 Å². The molecule has 0 aliphatic carbocycles. The lowest BCUT2D eigenvalue weighted by molar-refractivity contribution is 0.132. The van der Waals surface area contributed by atoms with Crippen molar-refractivity contribution in [3.63, 3.8) is 0 Å². The van der Waals surface area contributed by atoms with Crippen LogP contribution in [0.15, 0.2) is 16.9 Å². The molecule has 58 valence electrons. The average Bonchev–Trinajstić information content (AvgIpc) is 2.58. The van der Waals surface area contributed by atoms with E-state index in [1.54, 1.807) is 12.5 Å². The van der Waals surface area contributed by atoms with Gasteiger partial charge in [0.1, 0.15) is 12.9 Å². The lowest BCUT2D eigenvalue weighted by Crippen LogP contribution is -2.10. The van der Waals surface area contributed by atoms with Gasteiger partial charge in [-0.1, -0.05) is 0 Å². The minimum Gasteiger partial charge on any atom is -0.449 e. The molecule has 0 saturated carbocycles. The van der Waals surface area contributed by atoms with E-state index < -0.39 is 0 Å². The van der Waals surface area contributed by atoms with Crippen molar-refractivity contribution < 1.29 is 9.15 Å². The van der Waals surface area contributed by atoms with Crippen LogP contribution < -0.4 is 0 Å². The largest absolute Gasteiger partial charge is 0.449 e. The molecule has 3 nitrogen and oxygen atoms in total. The van der Waals surface area contributed by atoms with Gasteiger partial charge in [-0.2, -0.15) is 0 Å². The Morgan fingerprint density at radius 2 is 2.64 bits per heavy atom. The topological polar surface area (TPSA) is 35.3 Å². The number of rotatable bonds is 1. The van der Waals surface area contributed by atoms with Crippen molar-refractivity contribution in [2.45, 2.75) is 18.8 Å². The highest BCUT2D eigenvalue weighted by Gasteiger charge is 2.20. The third-order valence-electron chi connectivity index (χ3n) is 1.71. The SMILES string of the molecule is [C]1OCCCC1c1ncco1. The van der Waals surface area contributed by atoms with Crippen LogP contribution in [0.25, 0.3) is 0 Å². The van der Waals surface area contributed by atoms with Gasteiger partial charge in [-0.3, -0.25) is 0 Å². The molecule has 1 fully saturated rings. The van der Waals surface area contributed by atoms with Crippen molar-refractivity contribution in [2.75, 3.05) is 6.61 Å². The van der Waals surface area contributed by atoms with Gasteiger partial charge in [0.2, 0.25) is 0 Å². The zero-order chi connectivity index (χ0) is 7.52. The van der Waals surface area contributed by atoms with Gasteiger partial charge in [0.05, 0.1) is 12.1 Å². The molecule has 3 heteroatoms. The Balaban J connectivity index is 2.04. The fourth-order valence-corrected chi connectivity index (χ4v) is 1.16. The van der Waals surface area contributed by atoms with Crippen LogP contribution in [-0.2, 0) is 4.74 Å². The summed E-state index contributed by atoms with van der Waals surface area (Å²) in [5, 5.41) is 0. The number of hydrogen-bond donors (Lipinski definition) is 0. The zero-order valence-corrected chi connectivity index (χ0v) is 6.12. The van der Waals surface area contributed by atoms with Gasteiger partial charge >= 0.3 is 0 Å². The monoisotopic (exact) mass is 151 g/mol. The lowest BCUT2D eigenvalue weighted by Gasteiger charge is -2.16. The Morgan fingerprint density at radius 1 is 1.64 bits per heavy atom. The van der Waals surface area contributed by atoms with E-state index in [0.717, 1.165) is 19.4 Å². The molecule has 1 aliphatic rings. The van der Waals surface area contributed by atoms with E-state index in [0.29, 0.717) is 5.89 Å². The van der Waals surface area contributed by atoms with Gasteiger partial charge in [-0.15, -0.1) is 0 Å². The second-order valence-electron chi connectivity index (χ2n) is 2.53. The lowest BCUT2D eigenvalue weighted by atomic mass is 10.0. The molecule has 2 heterocycles. The summed E-state index contributed by atoms with van der Waals surface area (Å²) in [6.45, 7) is 3.64. The minimum atomic E-state index is 0.138. The highest BCUT2D eigenvalue weighted by Crippen LogP contribution is 2.26. The first-order chi connectivity index (χ1) is 5.47. The van der Waals surface area contributed by atoms with Gasteiger partial charge in [0.25, 0.3) is 0 Å². The van der Waals surface area contributed by atoms with Crippen LogP contribution in [0, 0.1) is 6.61 Å². The summed E-state index contributed by atoms with van der Waals surface area (Å²) in [6.07, 6.45) is 5.30. The molecule has 1 saturated heterocycles. The summed E-state index contributed by atoms with van der Waals surface area (Å²) in [5.41, 5.74) is 0. The molecule has 0 aromatic carbocycles. The first kappa shape index (κ1) is 6.85. The molecule has 0 N–H and O–H groups in total. The van der Waals surface area contributed by atoms with E-state index >= 15 is 0 Å². The van der Waals surface area contributed by atoms with Crippen LogP contribution in [0.4, 0.5) is 0 Å². The van der Waals surface area contributed by atoms with Crippen LogP contribution in [0.1, 0.15) is 24.7 Å². The van der Waals surface area contributed by atoms with Crippen LogP contribution in [-0.4, -0.2) is 11.6 Å². The molecule has 11 heavy (non-hydrogen) atoms. The molecule has 0 bridgehead atoms. The number of oxazole rings is 1. The molecule has 2 radical (unpaired) electrons. The summed E-state index contributed by atoms with van der Waals surface area (Å²) in [7, 11) is 0. The Labute approximate surface area is 65.4 Å². The summed E-state index contributed by atoms with van der Waals surface area (Å²) in [6, 6.07) is 0. The minimum absolute atomic E-state index is 0.138. The van der Waals surface area contributed by atoms with Gasteiger partial charge in [0.15, 0.2) is 5.89 Å². The molecule has 0 amide bonds. The van der Waals surface area contributed by atoms with E-state index in [2.05, 4.69) is 11.6 Å². The third kappa shape index (κ3) is 1.43. The van der Waals surface area contributed by atoms with Gasteiger partial charge < -0.3 is 9.15 Å². The summed E-state index contributed by atoms with van der Waals surface area (Å²) < 4.78 is 10.2. The molecule has 1 aromatic heterocycles. The number of aromatic nitrogens is 1. The summed E-state index contributed by atoms with van der Waals surface area (Å²) in [4.78, 5) is 4.03. The molecule has 1 unspecified atom stereocenters. The maximum Gasteiger partial charge on any atom is 0.200 e. The fraction of sp³-hybridized carbons (Fsp3) is 0.500.